The highest BCUT2D eigenvalue weighted by atomic mass is 32.2. The third-order valence-electron chi connectivity index (χ3n) is 9.49. The van der Waals surface area contributed by atoms with E-state index in [2.05, 4.69) is 31.6 Å². The first-order valence-electron chi connectivity index (χ1n) is 17.5. The fourth-order valence-corrected chi connectivity index (χ4v) is 7.08. The van der Waals surface area contributed by atoms with Crippen molar-refractivity contribution in [3.05, 3.63) is 36.2 Å². The van der Waals surface area contributed by atoms with Gasteiger partial charge in [0.05, 0.1) is 23.3 Å². The van der Waals surface area contributed by atoms with Crippen molar-refractivity contribution in [3.63, 3.8) is 0 Å². The average molecular weight is 800 g/mol. The van der Waals surface area contributed by atoms with Gasteiger partial charge in [-0.05, 0) is 49.9 Å². The number of amides is 3. The van der Waals surface area contributed by atoms with E-state index in [9.17, 15) is 41.4 Å². The molecular weight excluding hydrogens is 755 g/mol. The number of nitrogens with two attached hydrogens (primary N) is 1. The fourth-order valence-electron chi connectivity index (χ4n) is 6.57. The Labute approximate surface area is 313 Å². The lowest BCUT2D eigenvalue weighted by atomic mass is 10.1. The van der Waals surface area contributed by atoms with Gasteiger partial charge < -0.3 is 51.4 Å². The molecule has 0 radical (unpaired) electrons. The largest absolute Gasteiger partial charge is 0.490 e. The van der Waals surface area contributed by atoms with Crippen molar-refractivity contribution in [1.82, 2.24) is 40.8 Å². The van der Waals surface area contributed by atoms with Crippen LogP contribution in [0, 0.1) is 0 Å². The number of halogens is 3. The summed E-state index contributed by atoms with van der Waals surface area (Å²) < 4.78 is 56.7. The lowest BCUT2D eigenvalue weighted by Crippen LogP contribution is -2.47. The Morgan fingerprint density at radius 1 is 1.04 bits per heavy atom. The van der Waals surface area contributed by atoms with E-state index in [1.54, 1.807) is 30.0 Å². The summed E-state index contributed by atoms with van der Waals surface area (Å²) in [5.41, 5.74) is 1.79. The van der Waals surface area contributed by atoms with Crippen molar-refractivity contribution in [2.75, 3.05) is 42.9 Å². The number of fused-ring (bicyclic) bond motifs is 1. The highest BCUT2D eigenvalue weighted by Gasteiger charge is 2.44. The topological polar surface area (TPSA) is 279 Å². The fraction of sp³-hybridized carbons (Fsp3) is 0.562. The van der Waals surface area contributed by atoms with Gasteiger partial charge in [-0.1, -0.05) is 19.1 Å². The van der Waals surface area contributed by atoms with Crippen LogP contribution in [-0.4, -0.2) is 130 Å². The van der Waals surface area contributed by atoms with E-state index < -0.39 is 46.5 Å². The Morgan fingerprint density at radius 3 is 2.35 bits per heavy atom. The zero-order valence-corrected chi connectivity index (χ0v) is 30.5. The Bertz CT molecular complexity index is 1940. The molecule has 0 bridgehead atoms. The van der Waals surface area contributed by atoms with E-state index in [0.717, 1.165) is 25.1 Å². The zero-order chi connectivity index (χ0) is 40.1. The number of primary sulfonamides is 1. The van der Waals surface area contributed by atoms with Gasteiger partial charge in [-0.25, -0.2) is 28.1 Å². The van der Waals surface area contributed by atoms with E-state index in [4.69, 9.17) is 25.0 Å². The molecule has 10 N–H and O–H groups in total. The summed E-state index contributed by atoms with van der Waals surface area (Å²) in [6.45, 7) is 4.87. The number of alkyl halides is 3. The predicted molar refractivity (Wildman–Crippen MR) is 190 cm³/mol. The number of carboxylic acid groups (broad SMARTS) is 1. The van der Waals surface area contributed by atoms with Gasteiger partial charge in [0.15, 0.2) is 17.0 Å². The summed E-state index contributed by atoms with van der Waals surface area (Å²) in [7, 11) is -3.79. The molecule has 4 heterocycles. The molecule has 23 heteroatoms. The minimum atomic E-state index is -5.08. The van der Waals surface area contributed by atoms with Crippen LogP contribution in [0.3, 0.4) is 0 Å². The summed E-state index contributed by atoms with van der Waals surface area (Å²) in [6.07, 6.45) is -3.21. The summed E-state index contributed by atoms with van der Waals surface area (Å²) in [6, 6.07) is 4.88. The van der Waals surface area contributed by atoms with E-state index in [-0.39, 0.29) is 41.8 Å². The number of urea groups is 1. The molecule has 3 aromatic rings. The Kier molecular flexibility index (Phi) is 13.0. The molecule has 3 aliphatic rings. The summed E-state index contributed by atoms with van der Waals surface area (Å²) in [5, 5.41) is 49.6. The average Bonchev–Trinajstić information content (AvgIpc) is 3.94. The number of hydrogen-bond acceptors (Lipinski definition) is 13. The number of rotatable bonds is 11. The number of aliphatic hydroxyl groups is 2. The van der Waals surface area contributed by atoms with Gasteiger partial charge in [0, 0.05) is 44.7 Å². The van der Waals surface area contributed by atoms with Crippen LogP contribution >= 0.6 is 0 Å². The molecule has 302 valence electrons. The highest BCUT2D eigenvalue weighted by molar-refractivity contribution is 7.89. The van der Waals surface area contributed by atoms with Gasteiger partial charge in [-0.15, -0.1) is 0 Å². The number of hydrogen-bond donors (Lipinski definition) is 9. The van der Waals surface area contributed by atoms with Gasteiger partial charge >= 0.3 is 18.2 Å². The molecule has 3 amide bonds. The lowest BCUT2D eigenvalue weighted by molar-refractivity contribution is -0.192. The number of carboxylic acids is 1. The van der Waals surface area contributed by atoms with Gasteiger partial charge in [0.2, 0.25) is 21.9 Å². The van der Waals surface area contributed by atoms with Crippen molar-refractivity contribution >= 4 is 50.9 Å². The number of carbonyl (C=O) groups excluding carboxylic acids is 2. The number of sulfonamides is 1. The van der Waals surface area contributed by atoms with E-state index in [1.165, 1.54) is 12.1 Å². The van der Waals surface area contributed by atoms with Crippen molar-refractivity contribution in [3.8, 4) is 0 Å². The molecule has 3 fully saturated rings. The highest BCUT2D eigenvalue weighted by Crippen LogP contribution is 2.35. The molecule has 19 nitrogen and oxygen atoms in total. The van der Waals surface area contributed by atoms with Gasteiger partial charge in [0.1, 0.15) is 12.2 Å². The molecule has 2 aliphatic heterocycles. The minimum absolute atomic E-state index is 0.0362. The number of nitrogens with zero attached hydrogens (tertiary/aromatic N) is 5. The Balaban J connectivity index is 0.000000757. The zero-order valence-electron chi connectivity index (χ0n) is 29.7. The molecule has 6 atom stereocenters. The number of imidazole rings is 1. The van der Waals surface area contributed by atoms with Gasteiger partial charge in [-0.2, -0.15) is 23.1 Å². The minimum Gasteiger partial charge on any atom is -0.475 e. The van der Waals surface area contributed by atoms with Crippen LogP contribution in [0.5, 0.6) is 0 Å². The monoisotopic (exact) mass is 799 g/mol. The molecule has 2 aromatic heterocycles. The van der Waals surface area contributed by atoms with Gasteiger partial charge in [-0.3, -0.25) is 4.79 Å². The van der Waals surface area contributed by atoms with Gasteiger partial charge in [0.25, 0.3) is 0 Å². The van der Waals surface area contributed by atoms with Crippen LogP contribution in [0.15, 0.2) is 35.5 Å². The molecule has 0 spiro atoms. The van der Waals surface area contributed by atoms with Crippen LogP contribution in [0.1, 0.15) is 44.2 Å². The second kappa shape index (κ2) is 17.3. The van der Waals surface area contributed by atoms with Crippen molar-refractivity contribution in [2.45, 2.75) is 86.5 Å². The molecule has 1 aromatic carbocycles. The van der Waals surface area contributed by atoms with Crippen LogP contribution in [0.4, 0.5) is 29.7 Å². The molecule has 55 heavy (non-hydrogen) atoms. The summed E-state index contributed by atoms with van der Waals surface area (Å²) >= 11 is 0. The summed E-state index contributed by atoms with van der Waals surface area (Å²) in [5.74, 6) is -2.10. The SMILES string of the molecule is CCC(=O)N[C@H]1C[C@@H](n2cnc3c(NCCc4ccc(S(N)(=O)=O)cc4)nc(N4CC[C@@H](NC(=O)N[C@@H]5CCNC5)C4)nc32)[C@H](O)[C@@H]1O.O=C(O)C(F)(F)F. The predicted octanol–water partition coefficient (Wildman–Crippen LogP) is -0.437. The maximum absolute atomic E-state index is 12.6. The number of anilines is 2. The van der Waals surface area contributed by atoms with Crippen molar-refractivity contribution < 1.29 is 51.3 Å². The Hall–Kier alpha value is -4.84. The quantitative estimate of drug-likeness (QED) is 0.119. The molecule has 1 saturated carbocycles. The smallest absolute Gasteiger partial charge is 0.475 e. The van der Waals surface area contributed by atoms with E-state index >= 15 is 0 Å². The molecular formula is C32H44F3N11O8S. The van der Waals surface area contributed by atoms with Crippen LogP contribution in [-0.2, 0) is 26.0 Å². The number of carbonyl (C=O) groups is 3. The lowest BCUT2D eigenvalue weighted by Gasteiger charge is -2.21. The second-order valence-electron chi connectivity index (χ2n) is 13.4. The molecule has 1 aliphatic carbocycles. The van der Waals surface area contributed by atoms with Crippen LogP contribution < -0.4 is 36.6 Å². The molecule has 0 unspecified atom stereocenters. The molecule has 2 saturated heterocycles. The van der Waals surface area contributed by atoms with Crippen LogP contribution in [0.2, 0.25) is 0 Å². The first-order valence-corrected chi connectivity index (χ1v) is 19.1. The van der Waals surface area contributed by atoms with E-state index in [0.29, 0.717) is 55.4 Å². The second-order valence-corrected chi connectivity index (χ2v) is 15.0. The summed E-state index contributed by atoms with van der Waals surface area (Å²) in [4.78, 5) is 49.9. The van der Waals surface area contributed by atoms with E-state index in [1.807, 2.05) is 4.90 Å². The third-order valence-corrected chi connectivity index (χ3v) is 10.4. The first-order chi connectivity index (χ1) is 25.9. The van der Waals surface area contributed by atoms with Crippen molar-refractivity contribution in [2.24, 2.45) is 5.14 Å². The number of aliphatic carboxylic acids is 1. The van der Waals surface area contributed by atoms with Crippen molar-refractivity contribution in [1.29, 1.82) is 0 Å². The maximum atomic E-state index is 12.6. The number of nitrogens with one attached hydrogen (secondary N) is 5. The normalized spacial score (nSPS) is 23.9. The standard InChI is InChI=1S/C30H43N11O6S.C2HF3O2/c1-2-23(42)37-21-13-22(26(44)25(21)43)41-16-34-24-27(33-11-7-17-3-5-20(6-4-17)48(31,46)47)38-29(39-28(24)41)40-12-9-19(15-40)36-30(45)35-18-8-10-32-14-18;3-2(4,5)1(6)7/h3-6,16,18-19,21-22,25-26,32,43-44H,2,7-15H2,1H3,(H,37,42)(H2,31,46,47)(H,33,38,39)(H2,35,36,45);(H,6,7)/t18-,19-,21+,22-,25-,26+;/m1./s1. The third kappa shape index (κ3) is 10.5. The number of benzene rings is 1. The maximum Gasteiger partial charge on any atom is 0.490 e. The van der Waals surface area contributed by atoms with Crippen LogP contribution in [0.25, 0.3) is 11.2 Å². The molecule has 6 rings (SSSR count). The first kappa shape index (κ1) is 41.3. The Morgan fingerprint density at radius 2 is 1.73 bits per heavy atom. The number of aromatic nitrogens is 4. The number of aliphatic hydroxyl groups excluding tert-OH is 2.